The maximum absolute atomic E-state index is 11.4. The Kier molecular flexibility index (Phi) is 4.14. The second-order valence-electron chi connectivity index (χ2n) is 2.83. The van der Waals surface area contributed by atoms with Gasteiger partial charge in [-0.1, -0.05) is 0 Å². The Balaban J connectivity index is 2.84. The van der Waals surface area contributed by atoms with Crippen LogP contribution in [0.3, 0.4) is 0 Å². The Bertz CT molecular complexity index is 490. The van der Waals surface area contributed by atoms with Crippen molar-refractivity contribution in [1.29, 1.82) is 0 Å². The van der Waals surface area contributed by atoms with Gasteiger partial charge in [-0.15, -0.1) is 12.3 Å². The highest BCUT2D eigenvalue weighted by atomic mass is 32.2. The van der Waals surface area contributed by atoms with Crippen molar-refractivity contribution in [3.05, 3.63) is 18.5 Å². The summed E-state index contributed by atoms with van der Waals surface area (Å²) in [4.78, 5) is 3.75. The lowest BCUT2D eigenvalue weighted by Crippen LogP contribution is -2.14. The first-order valence-corrected chi connectivity index (χ1v) is 6.00. The van der Waals surface area contributed by atoms with E-state index >= 15 is 0 Å². The highest BCUT2D eigenvalue weighted by molar-refractivity contribution is 7.87. The average molecular weight is 241 g/mol. The van der Waals surface area contributed by atoms with E-state index in [2.05, 4.69) is 10.9 Å². The van der Waals surface area contributed by atoms with E-state index in [1.165, 1.54) is 25.6 Å². The molecule has 5 nitrogen and oxygen atoms in total. The zero-order chi connectivity index (χ0) is 12.0. The molecule has 0 aromatic carbocycles. The van der Waals surface area contributed by atoms with E-state index in [0.717, 1.165) is 0 Å². The molecule has 0 spiro atoms. The number of rotatable bonds is 5. The molecule has 0 amide bonds. The highest BCUT2D eigenvalue weighted by Gasteiger charge is 2.15. The Morgan fingerprint density at radius 3 is 2.88 bits per heavy atom. The summed E-state index contributed by atoms with van der Waals surface area (Å²) < 4.78 is 32.6. The lowest BCUT2D eigenvalue weighted by molar-refractivity contribution is 0.389. The minimum atomic E-state index is -3.69. The van der Waals surface area contributed by atoms with Gasteiger partial charge in [-0.3, -0.25) is 4.98 Å². The fourth-order valence-electron chi connectivity index (χ4n) is 0.961. The van der Waals surface area contributed by atoms with E-state index in [1.54, 1.807) is 0 Å². The molecule has 0 aliphatic rings. The van der Waals surface area contributed by atoms with Crippen LogP contribution in [0.4, 0.5) is 0 Å². The Morgan fingerprint density at radius 2 is 2.25 bits per heavy atom. The van der Waals surface area contributed by atoms with Crippen molar-refractivity contribution < 1.29 is 17.3 Å². The summed E-state index contributed by atoms with van der Waals surface area (Å²) in [5.74, 6) is 2.36. The zero-order valence-corrected chi connectivity index (χ0v) is 9.53. The van der Waals surface area contributed by atoms with E-state index in [1.807, 2.05) is 0 Å². The van der Waals surface area contributed by atoms with Gasteiger partial charge < -0.3 is 8.92 Å². The molecule has 0 aliphatic heterocycles. The number of aromatic nitrogens is 1. The molecule has 0 atom stereocenters. The van der Waals surface area contributed by atoms with E-state index in [0.29, 0.717) is 5.75 Å². The molecule has 0 unspecified atom stereocenters. The van der Waals surface area contributed by atoms with Gasteiger partial charge in [0.1, 0.15) is 0 Å². The number of terminal acetylenes is 1. The molecule has 0 radical (unpaired) electrons. The second kappa shape index (κ2) is 5.37. The molecule has 86 valence electrons. The number of hydrogen-bond acceptors (Lipinski definition) is 5. The minimum absolute atomic E-state index is 0.0574. The van der Waals surface area contributed by atoms with Gasteiger partial charge in [-0.25, -0.2) is 0 Å². The van der Waals surface area contributed by atoms with E-state index < -0.39 is 10.1 Å². The normalized spacial score (nSPS) is 10.5. The van der Waals surface area contributed by atoms with Crippen LogP contribution >= 0.6 is 0 Å². The molecule has 16 heavy (non-hydrogen) atoms. The lowest BCUT2D eigenvalue weighted by Gasteiger charge is -2.08. The van der Waals surface area contributed by atoms with Crippen molar-refractivity contribution in [1.82, 2.24) is 4.98 Å². The summed E-state index contributed by atoms with van der Waals surface area (Å²) in [5.41, 5.74) is 0. The lowest BCUT2D eigenvalue weighted by atomic mass is 10.4. The largest absolute Gasteiger partial charge is 0.493 e. The van der Waals surface area contributed by atoms with Crippen molar-refractivity contribution in [3.63, 3.8) is 0 Å². The maximum Gasteiger partial charge on any atom is 0.310 e. The molecular weight excluding hydrogens is 230 g/mol. The first-order valence-electron chi connectivity index (χ1n) is 4.42. The van der Waals surface area contributed by atoms with E-state index in [-0.39, 0.29) is 17.9 Å². The number of hydrogen-bond donors (Lipinski definition) is 0. The monoisotopic (exact) mass is 241 g/mol. The van der Waals surface area contributed by atoms with Crippen LogP contribution in [0.25, 0.3) is 0 Å². The number of ether oxygens (including phenoxy) is 1. The number of pyridine rings is 1. The maximum atomic E-state index is 11.4. The van der Waals surface area contributed by atoms with Gasteiger partial charge in [0, 0.05) is 18.7 Å². The average Bonchev–Trinajstić information content (AvgIpc) is 2.27. The van der Waals surface area contributed by atoms with Crippen LogP contribution in [-0.4, -0.2) is 26.3 Å². The molecule has 0 aliphatic carbocycles. The topological polar surface area (TPSA) is 65.5 Å². The minimum Gasteiger partial charge on any atom is -0.493 e. The number of methoxy groups -OCH3 is 1. The number of nitrogens with zero attached hydrogens (tertiary/aromatic N) is 1. The molecule has 6 heteroatoms. The fourth-order valence-corrected chi connectivity index (χ4v) is 1.81. The molecule has 0 saturated carbocycles. The zero-order valence-electron chi connectivity index (χ0n) is 8.71. The summed E-state index contributed by atoms with van der Waals surface area (Å²) in [6, 6.07) is 1.51. The predicted molar refractivity (Wildman–Crippen MR) is 58.7 cm³/mol. The third-order valence-corrected chi connectivity index (χ3v) is 2.82. The van der Waals surface area contributed by atoms with Crippen molar-refractivity contribution in [2.75, 3.05) is 12.9 Å². The third kappa shape index (κ3) is 3.44. The van der Waals surface area contributed by atoms with Crippen LogP contribution in [0.1, 0.15) is 6.42 Å². The smallest absolute Gasteiger partial charge is 0.310 e. The summed E-state index contributed by atoms with van der Waals surface area (Å²) in [5, 5.41) is 0. The molecule has 0 bridgehead atoms. The standard InChI is InChI=1S/C10H11NO4S/c1-3-4-7-16(12,13)15-10-8-11-6-5-9(10)14-2/h1,5-6,8H,4,7H2,2H3. The molecule has 0 saturated heterocycles. The molecule has 1 heterocycles. The molecule has 1 aromatic heterocycles. The summed E-state index contributed by atoms with van der Waals surface area (Å²) in [6.45, 7) is 0. The Hall–Kier alpha value is -1.74. The molecule has 1 rings (SSSR count). The fraction of sp³-hybridized carbons (Fsp3) is 0.300. The van der Waals surface area contributed by atoms with Crippen molar-refractivity contribution in [2.24, 2.45) is 0 Å². The van der Waals surface area contributed by atoms with Gasteiger partial charge in [-0.2, -0.15) is 8.42 Å². The van der Waals surface area contributed by atoms with Crippen LogP contribution in [0, 0.1) is 12.3 Å². The van der Waals surface area contributed by atoms with Crippen molar-refractivity contribution in [3.8, 4) is 23.8 Å². The molecule has 0 fully saturated rings. The third-order valence-electron chi connectivity index (χ3n) is 1.68. The van der Waals surface area contributed by atoms with Crippen LogP contribution < -0.4 is 8.92 Å². The van der Waals surface area contributed by atoms with Gasteiger partial charge in [0.2, 0.25) is 5.75 Å². The van der Waals surface area contributed by atoms with Crippen LogP contribution in [-0.2, 0) is 10.1 Å². The van der Waals surface area contributed by atoms with E-state index in [4.69, 9.17) is 15.3 Å². The summed E-state index contributed by atoms with van der Waals surface area (Å²) in [6.07, 6.45) is 7.82. The van der Waals surface area contributed by atoms with E-state index in [9.17, 15) is 8.42 Å². The van der Waals surface area contributed by atoms with Crippen molar-refractivity contribution >= 4 is 10.1 Å². The van der Waals surface area contributed by atoms with Gasteiger partial charge in [0.15, 0.2) is 5.75 Å². The SMILES string of the molecule is C#CCCS(=O)(=O)Oc1cnccc1OC. The Labute approximate surface area is 94.5 Å². The molecule has 1 aromatic rings. The Morgan fingerprint density at radius 1 is 1.50 bits per heavy atom. The molecule has 0 N–H and O–H groups in total. The second-order valence-corrected chi connectivity index (χ2v) is 4.52. The van der Waals surface area contributed by atoms with Gasteiger partial charge in [0.05, 0.1) is 19.1 Å². The van der Waals surface area contributed by atoms with Crippen molar-refractivity contribution in [2.45, 2.75) is 6.42 Å². The first kappa shape index (κ1) is 12.3. The van der Waals surface area contributed by atoms with Crippen LogP contribution in [0.15, 0.2) is 18.5 Å². The van der Waals surface area contributed by atoms with Gasteiger partial charge in [-0.05, 0) is 0 Å². The predicted octanol–water partition coefficient (Wildman–Crippen LogP) is 0.822. The van der Waals surface area contributed by atoms with Crippen LogP contribution in [0.5, 0.6) is 11.5 Å². The molecular formula is C10H11NO4S. The first-order chi connectivity index (χ1) is 7.59. The van der Waals surface area contributed by atoms with Crippen LogP contribution in [0.2, 0.25) is 0 Å². The van der Waals surface area contributed by atoms with Gasteiger partial charge >= 0.3 is 10.1 Å². The quantitative estimate of drug-likeness (QED) is 0.564. The highest BCUT2D eigenvalue weighted by Crippen LogP contribution is 2.26. The van der Waals surface area contributed by atoms with Gasteiger partial charge in [0.25, 0.3) is 0 Å². The summed E-state index contributed by atoms with van der Waals surface area (Å²) >= 11 is 0. The summed E-state index contributed by atoms with van der Waals surface area (Å²) in [7, 11) is -2.28.